The molecule has 0 aliphatic heterocycles. The fourth-order valence-corrected chi connectivity index (χ4v) is 1.92. The van der Waals surface area contributed by atoms with Gasteiger partial charge < -0.3 is 16.0 Å². The molecule has 0 saturated heterocycles. The Hall–Kier alpha value is -1.45. The maximum absolute atomic E-state index is 10.8. The summed E-state index contributed by atoms with van der Waals surface area (Å²) in [5, 5.41) is 7.82. The van der Waals surface area contributed by atoms with Crippen LogP contribution in [0.2, 0.25) is 0 Å². The van der Waals surface area contributed by atoms with E-state index in [1.54, 1.807) is 18.2 Å². The summed E-state index contributed by atoms with van der Waals surface area (Å²) >= 11 is 0. The molecule has 0 radical (unpaired) electrons. The number of rotatable bonds is 3. The number of nitrogens with two attached hydrogens (primary N) is 2. The van der Waals surface area contributed by atoms with E-state index in [4.69, 9.17) is 11.5 Å². The smallest absolute Gasteiger partial charge is 0.744 e. The van der Waals surface area contributed by atoms with Gasteiger partial charge in [-0.15, -0.1) is 5.11 Å². The maximum atomic E-state index is 10.8. The van der Waals surface area contributed by atoms with E-state index < -0.39 is 10.1 Å². The monoisotopic (exact) mass is 314 g/mol. The molecule has 4 N–H and O–H groups in total. The summed E-state index contributed by atoms with van der Waals surface area (Å²) in [6.07, 6.45) is 0. The van der Waals surface area contributed by atoms with Crippen LogP contribution in [0, 0.1) is 0 Å². The number of hydrogen-bond donors (Lipinski definition) is 2. The quantitative estimate of drug-likeness (QED) is 0.330. The molecule has 0 heterocycles. The molecule has 0 atom stereocenters. The molecule has 2 rings (SSSR count). The molecule has 0 aliphatic rings. The van der Waals surface area contributed by atoms with Crippen molar-refractivity contribution in [1.29, 1.82) is 0 Å². The van der Waals surface area contributed by atoms with Crippen LogP contribution in [0.15, 0.2) is 57.6 Å². The summed E-state index contributed by atoms with van der Waals surface area (Å²) in [5.74, 6) is 0. The first-order chi connectivity index (χ1) is 9.36. The first kappa shape index (κ1) is 17.6. The third-order valence-corrected chi connectivity index (χ3v) is 3.30. The van der Waals surface area contributed by atoms with E-state index in [-0.39, 0.29) is 34.5 Å². The minimum atomic E-state index is -4.45. The van der Waals surface area contributed by atoms with Gasteiger partial charge in [-0.2, -0.15) is 5.11 Å². The van der Waals surface area contributed by atoms with Crippen molar-refractivity contribution in [2.24, 2.45) is 10.2 Å². The van der Waals surface area contributed by atoms with Gasteiger partial charge in [-0.1, -0.05) is 0 Å². The van der Waals surface area contributed by atoms with Crippen LogP contribution >= 0.6 is 0 Å². The number of anilines is 2. The van der Waals surface area contributed by atoms with Gasteiger partial charge in [0.25, 0.3) is 0 Å². The summed E-state index contributed by atoms with van der Waals surface area (Å²) in [5.41, 5.74) is 13.0. The van der Waals surface area contributed by atoms with E-state index in [2.05, 4.69) is 10.2 Å². The molecular weight excluding hydrogens is 303 g/mol. The second kappa shape index (κ2) is 7.01. The molecule has 0 amide bonds. The summed E-state index contributed by atoms with van der Waals surface area (Å²) in [6.45, 7) is 0. The van der Waals surface area contributed by atoms with Crippen LogP contribution in [0.3, 0.4) is 0 Å². The first-order valence-electron chi connectivity index (χ1n) is 5.49. The second-order valence-electron chi connectivity index (χ2n) is 3.97. The van der Waals surface area contributed by atoms with E-state index >= 15 is 0 Å². The zero-order valence-corrected chi connectivity index (χ0v) is 14.0. The standard InChI is InChI=1S/C12H12N4O3S.Na/c13-8-1-6-12(11(14)7-8)16-15-9-2-4-10(5-3-9)20(17,18)19;/h1-7H,13-14H2,(H,17,18,19);/q;+1/p-1. The van der Waals surface area contributed by atoms with Crippen LogP contribution < -0.4 is 41.0 Å². The molecule has 9 heteroatoms. The average Bonchev–Trinajstić information content (AvgIpc) is 2.37. The summed E-state index contributed by atoms with van der Waals surface area (Å²) in [4.78, 5) is -0.316. The third-order valence-electron chi connectivity index (χ3n) is 2.45. The zero-order chi connectivity index (χ0) is 14.8. The van der Waals surface area contributed by atoms with Gasteiger partial charge in [0.15, 0.2) is 0 Å². The zero-order valence-electron chi connectivity index (χ0n) is 11.2. The minimum absolute atomic E-state index is 0. The van der Waals surface area contributed by atoms with E-state index in [1.165, 1.54) is 24.3 Å². The van der Waals surface area contributed by atoms with Crippen molar-refractivity contribution in [1.82, 2.24) is 0 Å². The van der Waals surface area contributed by atoms with Gasteiger partial charge in [0.05, 0.1) is 16.3 Å². The van der Waals surface area contributed by atoms with Crippen LogP contribution in [-0.2, 0) is 10.1 Å². The Morgan fingerprint density at radius 1 is 0.952 bits per heavy atom. The Morgan fingerprint density at radius 3 is 2.10 bits per heavy atom. The first-order valence-corrected chi connectivity index (χ1v) is 6.90. The van der Waals surface area contributed by atoms with E-state index in [0.29, 0.717) is 22.7 Å². The summed E-state index contributed by atoms with van der Waals surface area (Å²) in [7, 11) is -4.45. The Labute approximate surface area is 144 Å². The number of hydrogen-bond acceptors (Lipinski definition) is 7. The molecule has 0 spiro atoms. The number of azo groups is 1. The predicted octanol–water partition coefficient (Wildman–Crippen LogP) is -0.826. The van der Waals surface area contributed by atoms with Crippen molar-refractivity contribution in [3.63, 3.8) is 0 Å². The molecular formula is C12H11N4NaO3S. The van der Waals surface area contributed by atoms with E-state index in [0.717, 1.165) is 0 Å². The van der Waals surface area contributed by atoms with Gasteiger partial charge in [-0.25, -0.2) is 8.42 Å². The normalized spacial score (nSPS) is 11.3. The van der Waals surface area contributed by atoms with Gasteiger partial charge in [-0.3, -0.25) is 0 Å². The Bertz CT molecular complexity index is 761. The second-order valence-corrected chi connectivity index (χ2v) is 5.35. The van der Waals surface area contributed by atoms with Gasteiger partial charge in [0.1, 0.15) is 15.8 Å². The SMILES string of the molecule is Nc1ccc(N=Nc2ccc(S(=O)(=O)[O-])cc2)c(N)c1.[Na+]. The molecule has 2 aromatic rings. The molecule has 0 unspecified atom stereocenters. The van der Waals surface area contributed by atoms with Crippen molar-refractivity contribution < 1.29 is 42.5 Å². The maximum Gasteiger partial charge on any atom is 1.00 e. The van der Waals surface area contributed by atoms with Crippen molar-refractivity contribution >= 4 is 32.9 Å². The molecule has 0 bridgehead atoms. The summed E-state index contributed by atoms with van der Waals surface area (Å²) in [6, 6.07) is 9.90. The Balaban J connectivity index is 0.00000220. The number of nitrogen functional groups attached to an aromatic ring is 2. The fourth-order valence-electron chi connectivity index (χ4n) is 1.46. The summed E-state index contributed by atoms with van der Waals surface area (Å²) < 4.78 is 32.3. The Morgan fingerprint density at radius 2 is 1.57 bits per heavy atom. The largest absolute Gasteiger partial charge is 1.00 e. The van der Waals surface area contributed by atoms with Crippen LogP contribution in [0.5, 0.6) is 0 Å². The van der Waals surface area contributed by atoms with Gasteiger partial charge in [-0.05, 0) is 42.5 Å². The Kier molecular flexibility index (Phi) is 5.87. The topological polar surface area (TPSA) is 134 Å². The van der Waals surface area contributed by atoms with Gasteiger partial charge in [0.2, 0.25) is 0 Å². The van der Waals surface area contributed by atoms with E-state index in [1.807, 2.05) is 0 Å². The molecule has 21 heavy (non-hydrogen) atoms. The molecule has 0 aromatic heterocycles. The molecule has 0 fully saturated rings. The number of benzene rings is 2. The van der Waals surface area contributed by atoms with Crippen molar-refractivity contribution in [2.45, 2.75) is 4.90 Å². The van der Waals surface area contributed by atoms with Crippen LogP contribution in [-0.4, -0.2) is 13.0 Å². The van der Waals surface area contributed by atoms with E-state index in [9.17, 15) is 13.0 Å². The van der Waals surface area contributed by atoms with Crippen molar-refractivity contribution in [3.8, 4) is 0 Å². The van der Waals surface area contributed by atoms with Crippen molar-refractivity contribution in [2.75, 3.05) is 11.5 Å². The fraction of sp³-hybridized carbons (Fsp3) is 0. The molecule has 0 saturated carbocycles. The van der Waals surface area contributed by atoms with Gasteiger partial charge in [0, 0.05) is 5.69 Å². The van der Waals surface area contributed by atoms with Crippen LogP contribution in [0.25, 0.3) is 0 Å². The predicted molar refractivity (Wildman–Crippen MR) is 73.8 cm³/mol. The molecule has 0 aliphatic carbocycles. The third kappa shape index (κ3) is 4.80. The van der Waals surface area contributed by atoms with Crippen molar-refractivity contribution in [3.05, 3.63) is 42.5 Å². The number of nitrogens with zero attached hydrogens (tertiary/aromatic N) is 2. The molecule has 7 nitrogen and oxygen atoms in total. The minimum Gasteiger partial charge on any atom is -0.744 e. The van der Waals surface area contributed by atoms with Gasteiger partial charge >= 0.3 is 29.6 Å². The molecule has 2 aromatic carbocycles. The van der Waals surface area contributed by atoms with Crippen LogP contribution in [0.1, 0.15) is 0 Å². The van der Waals surface area contributed by atoms with Crippen LogP contribution in [0.4, 0.5) is 22.7 Å². The molecule has 104 valence electrons. The average molecular weight is 314 g/mol.